The van der Waals surface area contributed by atoms with Gasteiger partial charge in [-0.1, -0.05) is 17.8 Å². The van der Waals surface area contributed by atoms with Gasteiger partial charge in [0.05, 0.1) is 5.52 Å². The van der Waals surface area contributed by atoms with Gasteiger partial charge in [-0.25, -0.2) is 4.98 Å². The number of H-pyrrole nitrogens is 1. The van der Waals surface area contributed by atoms with Crippen LogP contribution in [-0.2, 0) is 0 Å². The van der Waals surface area contributed by atoms with Gasteiger partial charge in [0.1, 0.15) is 5.82 Å². The first kappa shape index (κ1) is 18.3. The van der Waals surface area contributed by atoms with Crippen LogP contribution in [0.4, 0.5) is 23.3 Å². The summed E-state index contributed by atoms with van der Waals surface area (Å²) in [7, 11) is 0. The SMILES string of the molecule is [Pr].[c-]1ccc(Nc2nc(Nc3cc(C4CC4)[nH]n3)c3ccccc3n2)cc1. The summed E-state index contributed by atoms with van der Waals surface area (Å²) in [6, 6.07) is 20.6. The van der Waals surface area contributed by atoms with Crippen molar-refractivity contribution in [1.29, 1.82) is 0 Å². The standard InChI is InChI=1S/C20H17N6.Pr/c1-2-6-14(7-3-1)21-20-22-16-9-5-4-8-15(16)19(24-20)23-18-12-17(25-26-18)13-10-11-13;/h2-9,12-13H,10-11H2,(H3,21,22,23,24,25,26);/q-1;. The fraction of sp³-hybridized carbons (Fsp3) is 0.150. The fourth-order valence-electron chi connectivity index (χ4n) is 2.95. The Morgan fingerprint density at radius 1 is 1.00 bits per heavy atom. The van der Waals surface area contributed by atoms with E-state index in [1.54, 1.807) is 0 Å². The first-order valence-electron chi connectivity index (χ1n) is 8.67. The molecule has 1 aliphatic carbocycles. The average molecular weight is 482 g/mol. The van der Waals surface area contributed by atoms with Gasteiger partial charge in [-0.3, -0.25) is 5.10 Å². The third-order valence-corrected chi connectivity index (χ3v) is 4.44. The van der Waals surface area contributed by atoms with Gasteiger partial charge in [-0.15, -0.1) is 12.1 Å². The zero-order valence-electron chi connectivity index (χ0n) is 14.6. The summed E-state index contributed by atoms with van der Waals surface area (Å²) >= 11 is 0. The van der Waals surface area contributed by atoms with Crippen LogP contribution in [0, 0.1) is 47.4 Å². The molecule has 5 rings (SSSR count). The molecule has 2 aromatic carbocycles. The van der Waals surface area contributed by atoms with Crippen LogP contribution in [-0.4, -0.2) is 20.2 Å². The van der Waals surface area contributed by atoms with Crippen molar-refractivity contribution in [3.63, 3.8) is 0 Å². The van der Waals surface area contributed by atoms with Crippen molar-refractivity contribution in [3.8, 4) is 0 Å². The monoisotopic (exact) mass is 482 g/mol. The molecule has 1 radical (unpaired) electrons. The third kappa shape index (κ3) is 4.12. The predicted octanol–water partition coefficient (Wildman–Crippen LogP) is 4.52. The summed E-state index contributed by atoms with van der Waals surface area (Å²) in [4.78, 5) is 9.28. The minimum absolute atomic E-state index is 0. The summed E-state index contributed by atoms with van der Waals surface area (Å²) in [6.07, 6.45) is 2.47. The Morgan fingerprint density at radius 3 is 2.63 bits per heavy atom. The molecule has 0 bridgehead atoms. The number of fused-ring (bicyclic) bond motifs is 1. The second-order valence-corrected chi connectivity index (χ2v) is 6.43. The zero-order chi connectivity index (χ0) is 17.3. The molecule has 0 atom stereocenters. The van der Waals surface area contributed by atoms with Crippen molar-refractivity contribution >= 4 is 34.2 Å². The van der Waals surface area contributed by atoms with Crippen molar-refractivity contribution in [3.05, 3.63) is 66.4 Å². The van der Waals surface area contributed by atoms with Crippen molar-refractivity contribution < 1.29 is 41.3 Å². The van der Waals surface area contributed by atoms with Gasteiger partial charge >= 0.3 is 0 Å². The van der Waals surface area contributed by atoms with E-state index in [2.05, 4.69) is 42.9 Å². The van der Waals surface area contributed by atoms with Gasteiger partial charge < -0.3 is 10.6 Å². The van der Waals surface area contributed by atoms with Gasteiger partial charge in [-0.05, 0) is 25.0 Å². The number of anilines is 4. The summed E-state index contributed by atoms with van der Waals surface area (Å²) < 4.78 is 0. The number of hydrogen-bond donors (Lipinski definition) is 3. The van der Waals surface area contributed by atoms with E-state index in [0.29, 0.717) is 11.9 Å². The third-order valence-electron chi connectivity index (χ3n) is 4.44. The van der Waals surface area contributed by atoms with Crippen molar-refractivity contribution in [2.75, 3.05) is 10.6 Å². The molecule has 0 saturated heterocycles. The van der Waals surface area contributed by atoms with Crippen molar-refractivity contribution in [2.24, 2.45) is 0 Å². The molecule has 6 nitrogen and oxygen atoms in total. The van der Waals surface area contributed by atoms with E-state index in [9.17, 15) is 0 Å². The average Bonchev–Trinajstić information content (AvgIpc) is 3.42. The van der Waals surface area contributed by atoms with Gasteiger partial charge in [0.25, 0.3) is 0 Å². The summed E-state index contributed by atoms with van der Waals surface area (Å²) in [5.74, 6) is 2.67. The molecule has 4 aromatic rings. The van der Waals surface area contributed by atoms with E-state index in [1.165, 1.54) is 18.5 Å². The van der Waals surface area contributed by atoms with Gasteiger partial charge in [0.15, 0.2) is 5.82 Å². The van der Waals surface area contributed by atoms with Crippen LogP contribution in [0.2, 0.25) is 0 Å². The predicted molar refractivity (Wildman–Crippen MR) is 102 cm³/mol. The molecule has 0 unspecified atom stereocenters. The molecule has 1 saturated carbocycles. The van der Waals surface area contributed by atoms with E-state index >= 15 is 0 Å². The Morgan fingerprint density at radius 2 is 1.81 bits per heavy atom. The molecule has 2 aromatic heterocycles. The maximum absolute atomic E-state index is 4.66. The Bertz CT molecular complexity index is 1060. The number of aromatic amines is 1. The van der Waals surface area contributed by atoms with Crippen LogP contribution in [0.1, 0.15) is 24.5 Å². The largest absolute Gasteiger partial charge is 0.347 e. The first-order chi connectivity index (χ1) is 12.8. The number of para-hydroxylation sites is 1. The first-order valence-corrected chi connectivity index (χ1v) is 8.67. The van der Waals surface area contributed by atoms with Crippen molar-refractivity contribution in [2.45, 2.75) is 18.8 Å². The second kappa shape index (κ2) is 7.91. The van der Waals surface area contributed by atoms with Crippen LogP contribution in [0.15, 0.2) is 54.6 Å². The maximum Gasteiger partial charge on any atom is 0.227 e. The minimum atomic E-state index is 0. The number of nitrogens with zero attached hydrogens (tertiary/aromatic N) is 3. The maximum atomic E-state index is 4.66. The Labute approximate surface area is 190 Å². The van der Waals surface area contributed by atoms with E-state index in [-0.39, 0.29) is 41.3 Å². The molecule has 7 heteroatoms. The van der Waals surface area contributed by atoms with E-state index < -0.39 is 0 Å². The molecule has 1 aliphatic rings. The van der Waals surface area contributed by atoms with E-state index in [4.69, 9.17) is 0 Å². The Kier molecular flexibility index (Phi) is 5.37. The minimum Gasteiger partial charge on any atom is -0.347 e. The molecule has 131 valence electrons. The van der Waals surface area contributed by atoms with E-state index in [0.717, 1.165) is 28.2 Å². The molecule has 0 amide bonds. The normalized spacial score (nSPS) is 13.2. The van der Waals surface area contributed by atoms with Crippen LogP contribution in [0.25, 0.3) is 10.9 Å². The number of rotatable bonds is 5. The second-order valence-electron chi connectivity index (χ2n) is 6.43. The Balaban J connectivity index is 0.00000180. The molecule has 3 N–H and O–H groups in total. The molecule has 2 heterocycles. The number of aromatic nitrogens is 4. The van der Waals surface area contributed by atoms with Gasteiger partial charge in [0, 0.05) is 64.4 Å². The molecular weight excluding hydrogens is 465 g/mol. The zero-order valence-corrected chi connectivity index (χ0v) is 18.3. The van der Waals surface area contributed by atoms with Crippen LogP contribution >= 0.6 is 0 Å². The molecule has 0 aliphatic heterocycles. The van der Waals surface area contributed by atoms with Gasteiger partial charge in [0.2, 0.25) is 5.95 Å². The van der Waals surface area contributed by atoms with Crippen LogP contribution in [0.5, 0.6) is 0 Å². The fourth-order valence-corrected chi connectivity index (χ4v) is 2.95. The molecule has 0 spiro atoms. The number of benzene rings is 2. The van der Waals surface area contributed by atoms with Gasteiger partial charge in [-0.2, -0.15) is 28.3 Å². The summed E-state index contributed by atoms with van der Waals surface area (Å²) in [6.45, 7) is 0. The van der Waals surface area contributed by atoms with Crippen molar-refractivity contribution in [1.82, 2.24) is 20.2 Å². The molecule has 1 fully saturated rings. The smallest absolute Gasteiger partial charge is 0.227 e. The Hall–Kier alpha value is -2.05. The number of nitrogens with one attached hydrogen (secondary N) is 3. The number of hydrogen-bond acceptors (Lipinski definition) is 5. The molecular formula is C20H17N6Pr-. The van der Waals surface area contributed by atoms with E-state index in [1.807, 2.05) is 48.5 Å². The van der Waals surface area contributed by atoms with Crippen LogP contribution < -0.4 is 10.6 Å². The van der Waals surface area contributed by atoms with Crippen LogP contribution in [0.3, 0.4) is 0 Å². The summed E-state index contributed by atoms with van der Waals surface area (Å²) in [5.41, 5.74) is 2.97. The molecule has 27 heavy (non-hydrogen) atoms. The topological polar surface area (TPSA) is 78.5 Å². The summed E-state index contributed by atoms with van der Waals surface area (Å²) in [5, 5.41) is 15.0. The quantitative estimate of drug-likeness (QED) is 0.365.